The molecule has 0 aromatic heterocycles. The van der Waals surface area contributed by atoms with E-state index in [0.29, 0.717) is 5.02 Å². The Morgan fingerprint density at radius 1 is 1.00 bits per heavy atom. The van der Waals surface area contributed by atoms with Gasteiger partial charge < -0.3 is 0 Å². The lowest BCUT2D eigenvalue weighted by Crippen LogP contribution is -2.39. The summed E-state index contributed by atoms with van der Waals surface area (Å²) in [5, 5.41) is 0.367. The van der Waals surface area contributed by atoms with Crippen LogP contribution in [-0.2, 0) is 10.0 Å². The smallest absolute Gasteiger partial charge is 0.231 e. The Kier molecular flexibility index (Phi) is 4.72. The highest BCUT2D eigenvalue weighted by Gasteiger charge is 2.51. The molecule has 0 aliphatic heterocycles. The SMILES string of the molecule is C=C(c1ccc(Cl)cc1)N(c1ccccc1)S(=O)(=O)C(F)(F)F. The lowest BCUT2D eigenvalue weighted by atomic mass is 10.1. The molecule has 23 heavy (non-hydrogen) atoms. The van der Waals surface area contributed by atoms with Crippen LogP contribution in [0.15, 0.2) is 61.2 Å². The molecule has 122 valence electrons. The summed E-state index contributed by atoms with van der Waals surface area (Å²) in [6.07, 6.45) is 0. The van der Waals surface area contributed by atoms with E-state index in [1.54, 1.807) is 6.07 Å². The maximum atomic E-state index is 13.0. The van der Waals surface area contributed by atoms with Crippen LogP contribution in [0, 0.1) is 0 Å². The highest BCUT2D eigenvalue weighted by Crippen LogP contribution is 2.36. The molecule has 0 atom stereocenters. The van der Waals surface area contributed by atoms with Crippen LogP contribution >= 0.6 is 11.6 Å². The molecule has 0 N–H and O–H groups in total. The van der Waals surface area contributed by atoms with Gasteiger partial charge in [0.1, 0.15) is 0 Å². The Labute approximate surface area is 136 Å². The molecular formula is C15H11ClF3NO2S. The van der Waals surface area contributed by atoms with Gasteiger partial charge in [0, 0.05) is 5.02 Å². The Balaban J connectivity index is 2.59. The molecule has 0 spiro atoms. The summed E-state index contributed by atoms with van der Waals surface area (Å²) in [4.78, 5) is 0. The fourth-order valence-electron chi connectivity index (χ4n) is 1.87. The molecule has 2 aromatic rings. The summed E-state index contributed by atoms with van der Waals surface area (Å²) in [5.41, 5.74) is -5.75. The van der Waals surface area contributed by atoms with Crippen LogP contribution in [0.5, 0.6) is 0 Å². The van der Waals surface area contributed by atoms with Gasteiger partial charge >= 0.3 is 15.5 Å². The average Bonchev–Trinajstić information content (AvgIpc) is 2.47. The van der Waals surface area contributed by atoms with Crippen LogP contribution in [0.25, 0.3) is 5.70 Å². The van der Waals surface area contributed by atoms with E-state index in [1.165, 1.54) is 48.5 Å². The molecule has 8 heteroatoms. The predicted molar refractivity (Wildman–Crippen MR) is 84.4 cm³/mol. The standard InChI is InChI=1S/C15H11ClF3NO2S/c1-11(12-7-9-13(16)10-8-12)20(14-5-3-2-4-6-14)23(21,22)15(17,18)19/h2-10H,1H2. The van der Waals surface area contributed by atoms with Crippen molar-refractivity contribution in [2.45, 2.75) is 5.51 Å². The zero-order valence-corrected chi connectivity index (χ0v) is 13.2. The lowest BCUT2D eigenvalue weighted by molar-refractivity contribution is -0.0435. The Morgan fingerprint density at radius 3 is 2.00 bits per heavy atom. The number of nitrogens with zero attached hydrogens (tertiary/aromatic N) is 1. The van der Waals surface area contributed by atoms with Crippen molar-refractivity contribution in [3.63, 3.8) is 0 Å². The number of para-hydroxylation sites is 1. The molecule has 0 heterocycles. The maximum Gasteiger partial charge on any atom is 0.517 e. The lowest BCUT2D eigenvalue weighted by Gasteiger charge is -2.27. The Bertz CT molecular complexity index is 803. The van der Waals surface area contributed by atoms with E-state index in [2.05, 4.69) is 6.58 Å². The number of benzene rings is 2. The molecule has 0 fully saturated rings. The highest BCUT2D eigenvalue weighted by molar-refractivity contribution is 7.94. The third kappa shape index (κ3) is 3.51. The minimum absolute atomic E-state index is 0.162. The first-order valence-corrected chi connectivity index (χ1v) is 8.08. The molecule has 2 rings (SSSR count). The number of anilines is 1. The molecule has 0 unspecified atom stereocenters. The van der Waals surface area contributed by atoms with Gasteiger partial charge in [0.2, 0.25) is 0 Å². The molecule has 0 radical (unpaired) electrons. The van der Waals surface area contributed by atoms with E-state index in [0.717, 1.165) is 0 Å². The highest BCUT2D eigenvalue weighted by atomic mass is 35.5. The number of halogens is 4. The normalized spacial score (nSPS) is 12.0. The summed E-state index contributed by atoms with van der Waals surface area (Å²) in [6, 6.07) is 12.6. The molecule has 0 bridgehead atoms. The molecule has 0 saturated heterocycles. The number of sulfonamides is 1. The number of hydrogen-bond donors (Lipinski definition) is 0. The van der Waals surface area contributed by atoms with Crippen LogP contribution in [0.1, 0.15) is 5.56 Å². The van der Waals surface area contributed by atoms with Crippen molar-refractivity contribution in [1.82, 2.24) is 0 Å². The largest absolute Gasteiger partial charge is 0.517 e. The van der Waals surface area contributed by atoms with E-state index in [9.17, 15) is 21.6 Å². The van der Waals surface area contributed by atoms with Gasteiger partial charge in [0.25, 0.3) is 0 Å². The monoisotopic (exact) mass is 361 g/mol. The van der Waals surface area contributed by atoms with Gasteiger partial charge in [-0.15, -0.1) is 0 Å². The van der Waals surface area contributed by atoms with Crippen molar-refractivity contribution in [2.24, 2.45) is 0 Å². The number of hydrogen-bond acceptors (Lipinski definition) is 2. The van der Waals surface area contributed by atoms with Crippen LogP contribution in [0.4, 0.5) is 18.9 Å². The number of rotatable bonds is 4. The second kappa shape index (κ2) is 6.25. The first-order chi connectivity index (χ1) is 10.6. The second-order valence-electron chi connectivity index (χ2n) is 4.50. The van der Waals surface area contributed by atoms with E-state index < -0.39 is 15.5 Å². The van der Waals surface area contributed by atoms with Crippen molar-refractivity contribution >= 4 is 33.0 Å². The quantitative estimate of drug-likeness (QED) is 0.793. The first-order valence-electron chi connectivity index (χ1n) is 6.26. The minimum Gasteiger partial charge on any atom is -0.231 e. The molecule has 0 aliphatic carbocycles. The van der Waals surface area contributed by atoms with E-state index >= 15 is 0 Å². The van der Waals surface area contributed by atoms with E-state index in [4.69, 9.17) is 11.6 Å². The first kappa shape index (κ1) is 17.4. The van der Waals surface area contributed by atoms with E-state index in [-0.39, 0.29) is 21.3 Å². The summed E-state index contributed by atoms with van der Waals surface area (Å²) < 4.78 is 63.1. The van der Waals surface area contributed by atoms with E-state index in [1.807, 2.05) is 0 Å². The van der Waals surface area contributed by atoms with Gasteiger partial charge in [-0.1, -0.05) is 48.5 Å². The Morgan fingerprint density at radius 2 is 1.52 bits per heavy atom. The molecule has 2 aromatic carbocycles. The zero-order valence-electron chi connectivity index (χ0n) is 11.6. The summed E-state index contributed by atoms with van der Waals surface area (Å²) >= 11 is 5.73. The van der Waals surface area contributed by atoms with Crippen molar-refractivity contribution < 1.29 is 21.6 Å². The van der Waals surface area contributed by atoms with Crippen molar-refractivity contribution in [3.8, 4) is 0 Å². The van der Waals surface area contributed by atoms with Crippen LogP contribution < -0.4 is 4.31 Å². The van der Waals surface area contributed by atoms with Crippen LogP contribution in [-0.4, -0.2) is 13.9 Å². The third-order valence-electron chi connectivity index (χ3n) is 2.95. The molecular weight excluding hydrogens is 351 g/mol. The molecule has 0 saturated carbocycles. The van der Waals surface area contributed by atoms with Crippen LogP contribution in [0.3, 0.4) is 0 Å². The number of alkyl halides is 3. The van der Waals surface area contributed by atoms with Gasteiger partial charge in [-0.05, 0) is 29.8 Å². The fourth-order valence-corrected chi connectivity index (χ4v) is 2.99. The topological polar surface area (TPSA) is 37.4 Å². The molecule has 3 nitrogen and oxygen atoms in total. The summed E-state index contributed by atoms with van der Waals surface area (Å²) in [7, 11) is -5.65. The third-order valence-corrected chi connectivity index (χ3v) is 4.70. The fraction of sp³-hybridized carbons (Fsp3) is 0.0667. The van der Waals surface area contributed by atoms with Gasteiger partial charge in [-0.2, -0.15) is 21.6 Å². The average molecular weight is 362 g/mol. The minimum atomic E-state index is -5.65. The molecule has 0 aliphatic rings. The predicted octanol–water partition coefficient (Wildman–Crippen LogP) is 4.67. The van der Waals surface area contributed by atoms with Gasteiger partial charge in [-0.25, -0.2) is 4.31 Å². The summed E-state index contributed by atoms with van der Waals surface area (Å²) in [6.45, 7) is 3.51. The summed E-state index contributed by atoms with van der Waals surface area (Å²) in [5.74, 6) is 0. The van der Waals surface area contributed by atoms with Gasteiger partial charge in [0.05, 0.1) is 11.4 Å². The second-order valence-corrected chi connectivity index (χ2v) is 6.72. The Hall–Kier alpha value is -1.99. The van der Waals surface area contributed by atoms with Crippen molar-refractivity contribution in [3.05, 3.63) is 71.8 Å². The van der Waals surface area contributed by atoms with Crippen molar-refractivity contribution in [2.75, 3.05) is 4.31 Å². The van der Waals surface area contributed by atoms with Gasteiger partial charge in [-0.3, -0.25) is 0 Å². The molecule has 0 amide bonds. The van der Waals surface area contributed by atoms with Gasteiger partial charge in [0.15, 0.2) is 0 Å². The van der Waals surface area contributed by atoms with Crippen molar-refractivity contribution in [1.29, 1.82) is 0 Å². The van der Waals surface area contributed by atoms with Crippen LogP contribution in [0.2, 0.25) is 5.02 Å². The zero-order chi connectivity index (χ0) is 17.3. The maximum absolute atomic E-state index is 13.0.